The van der Waals surface area contributed by atoms with Gasteiger partial charge in [-0.15, -0.1) is 11.8 Å². The number of non-ortho nitro benzene ring substituents is 1. The molecule has 0 amide bonds. The summed E-state index contributed by atoms with van der Waals surface area (Å²) in [6, 6.07) is 3.16. The second-order valence-electron chi connectivity index (χ2n) is 3.26. The first-order chi connectivity index (χ1) is 8.70. The van der Waals surface area contributed by atoms with E-state index >= 15 is 0 Å². The minimum Gasteiger partial charge on any atom is -0.258 e. The van der Waals surface area contributed by atoms with Gasteiger partial charge in [-0.3, -0.25) is 20.2 Å². The Labute approximate surface area is 116 Å². The van der Waals surface area contributed by atoms with E-state index in [2.05, 4.69) is 0 Å². The third-order valence-corrected chi connectivity index (χ3v) is 4.41. The number of thioether (sulfide) groups is 1. The predicted molar refractivity (Wildman–Crippen MR) is 70.1 cm³/mol. The fourth-order valence-corrected chi connectivity index (χ4v) is 3.50. The molecular formula is C8H7ClN2O6S2. The van der Waals surface area contributed by atoms with Crippen LogP contribution in [0.2, 0.25) is 0 Å². The van der Waals surface area contributed by atoms with E-state index in [0.717, 1.165) is 23.9 Å². The zero-order valence-corrected chi connectivity index (χ0v) is 11.6. The van der Waals surface area contributed by atoms with Crippen molar-refractivity contribution in [1.82, 2.24) is 0 Å². The maximum atomic E-state index is 10.8. The molecule has 0 radical (unpaired) electrons. The highest BCUT2D eigenvalue weighted by atomic mass is 35.7. The van der Waals surface area contributed by atoms with Crippen LogP contribution in [0.3, 0.4) is 0 Å². The Morgan fingerprint density at radius 2 is 1.84 bits per heavy atom. The Kier molecular flexibility index (Phi) is 5.09. The summed E-state index contributed by atoms with van der Waals surface area (Å²) in [4.78, 5) is 19.9. The summed E-state index contributed by atoms with van der Waals surface area (Å²) in [5.41, 5.74) is -0.841. The molecule has 0 fully saturated rings. The maximum Gasteiger partial charge on any atom is 0.289 e. The number of benzene rings is 1. The van der Waals surface area contributed by atoms with Crippen LogP contribution in [-0.4, -0.2) is 29.8 Å². The lowest BCUT2D eigenvalue weighted by Crippen LogP contribution is -2.00. The van der Waals surface area contributed by atoms with Gasteiger partial charge in [0.15, 0.2) is 0 Å². The van der Waals surface area contributed by atoms with E-state index in [4.69, 9.17) is 10.7 Å². The number of nitro groups is 2. The van der Waals surface area contributed by atoms with Gasteiger partial charge in [-0.2, -0.15) is 0 Å². The molecule has 0 heterocycles. The third kappa shape index (κ3) is 5.01. The molecule has 0 atom stereocenters. The maximum absolute atomic E-state index is 10.8. The highest BCUT2D eigenvalue weighted by Gasteiger charge is 2.20. The summed E-state index contributed by atoms with van der Waals surface area (Å²) in [5, 5.41) is 21.3. The van der Waals surface area contributed by atoms with Crippen LogP contribution < -0.4 is 0 Å². The van der Waals surface area contributed by atoms with Crippen LogP contribution in [0.5, 0.6) is 0 Å². The van der Waals surface area contributed by atoms with Crippen molar-refractivity contribution in [1.29, 1.82) is 0 Å². The second-order valence-corrected chi connectivity index (χ2v) is 7.29. The van der Waals surface area contributed by atoms with Crippen molar-refractivity contribution in [2.75, 3.05) is 11.5 Å². The highest BCUT2D eigenvalue weighted by Crippen LogP contribution is 2.32. The lowest BCUT2D eigenvalue weighted by Gasteiger charge is -2.01. The Balaban J connectivity index is 2.94. The topological polar surface area (TPSA) is 120 Å². The van der Waals surface area contributed by atoms with Gasteiger partial charge in [0.25, 0.3) is 11.4 Å². The zero-order chi connectivity index (χ0) is 14.6. The van der Waals surface area contributed by atoms with E-state index in [-0.39, 0.29) is 16.4 Å². The molecule has 1 aromatic rings. The molecule has 0 aliphatic carbocycles. The van der Waals surface area contributed by atoms with Crippen molar-refractivity contribution >= 4 is 42.9 Å². The van der Waals surface area contributed by atoms with Crippen molar-refractivity contribution in [3.05, 3.63) is 38.4 Å². The van der Waals surface area contributed by atoms with Crippen LogP contribution in [0.15, 0.2) is 23.1 Å². The lowest BCUT2D eigenvalue weighted by molar-refractivity contribution is -0.396. The zero-order valence-electron chi connectivity index (χ0n) is 9.18. The van der Waals surface area contributed by atoms with Crippen LogP contribution in [-0.2, 0) is 9.05 Å². The van der Waals surface area contributed by atoms with Gasteiger partial charge < -0.3 is 0 Å². The molecule has 1 aromatic carbocycles. The minimum atomic E-state index is -3.68. The average Bonchev–Trinajstić information content (AvgIpc) is 2.27. The molecule has 0 unspecified atom stereocenters. The Morgan fingerprint density at radius 1 is 1.21 bits per heavy atom. The van der Waals surface area contributed by atoms with Crippen LogP contribution >= 0.6 is 22.4 Å². The van der Waals surface area contributed by atoms with Crippen molar-refractivity contribution in [3.8, 4) is 0 Å². The molecule has 0 aliphatic rings. The fourth-order valence-electron chi connectivity index (χ4n) is 1.14. The molecule has 0 spiro atoms. The second kappa shape index (κ2) is 6.17. The number of rotatable bonds is 6. The number of nitrogens with zero attached hydrogens (tertiary/aromatic N) is 2. The van der Waals surface area contributed by atoms with Gasteiger partial charge in [-0.1, -0.05) is 0 Å². The van der Waals surface area contributed by atoms with E-state index in [0.29, 0.717) is 0 Å². The van der Waals surface area contributed by atoms with Crippen molar-refractivity contribution < 1.29 is 18.3 Å². The van der Waals surface area contributed by atoms with Gasteiger partial charge in [0, 0.05) is 22.5 Å². The normalized spacial score (nSPS) is 11.2. The standard InChI is InChI=1S/C8H7ClN2O6S2/c9-19(16,17)4-3-18-8-2-1-6(10(12)13)5-7(8)11(14)15/h1-2,5H,3-4H2. The molecule has 8 nitrogen and oxygen atoms in total. The number of hydrogen-bond acceptors (Lipinski definition) is 7. The van der Waals surface area contributed by atoms with Gasteiger partial charge in [-0.25, -0.2) is 8.42 Å². The van der Waals surface area contributed by atoms with Crippen molar-refractivity contribution in [3.63, 3.8) is 0 Å². The van der Waals surface area contributed by atoms with Gasteiger partial charge in [-0.05, 0) is 6.07 Å². The summed E-state index contributed by atoms with van der Waals surface area (Å²) in [6.07, 6.45) is 0. The van der Waals surface area contributed by atoms with Crippen LogP contribution in [0, 0.1) is 20.2 Å². The van der Waals surface area contributed by atoms with E-state index < -0.39 is 30.3 Å². The number of hydrogen-bond donors (Lipinski definition) is 0. The van der Waals surface area contributed by atoms with Gasteiger partial charge in [0.05, 0.1) is 26.6 Å². The molecule has 19 heavy (non-hydrogen) atoms. The molecule has 0 saturated carbocycles. The molecule has 104 valence electrons. The molecule has 0 N–H and O–H groups in total. The molecule has 0 saturated heterocycles. The van der Waals surface area contributed by atoms with Gasteiger partial charge in [0.1, 0.15) is 0 Å². The predicted octanol–water partition coefficient (Wildman–Crippen LogP) is 2.16. The molecule has 1 rings (SSSR count). The molecule has 11 heteroatoms. The molecule has 0 bridgehead atoms. The smallest absolute Gasteiger partial charge is 0.258 e. The van der Waals surface area contributed by atoms with Gasteiger partial charge >= 0.3 is 0 Å². The lowest BCUT2D eigenvalue weighted by atomic mass is 10.3. The quantitative estimate of drug-likeness (QED) is 0.340. The van der Waals surface area contributed by atoms with Crippen LogP contribution in [0.25, 0.3) is 0 Å². The molecule has 0 aliphatic heterocycles. The van der Waals surface area contributed by atoms with Crippen LogP contribution in [0.4, 0.5) is 11.4 Å². The van der Waals surface area contributed by atoms with E-state index in [1.54, 1.807) is 0 Å². The van der Waals surface area contributed by atoms with Gasteiger partial charge in [0.2, 0.25) is 9.05 Å². The van der Waals surface area contributed by atoms with E-state index in [9.17, 15) is 28.6 Å². The Hall–Kier alpha value is -1.39. The first-order valence-corrected chi connectivity index (χ1v) is 8.15. The third-order valence-electron chi connectivity index (χ3n) is 1.93. The summed E-state index contributed by atoms with van der Waals surface area (Å²) in [5.74, 6) is -0.335. The minimum absolute atomic E-state index is 0.0183. The first-order valence-electron chi connectivity index (χ1n) is 4.68. The number of nitro benzene ring substituents is 2. The SMILES string of the molecule is O=[N+]([O-])c1ccc(SCCS(=O)(=O)Cl)c([N+](=O)[O-])c1. The monoisotopic (exact) mass is 326 g/mol. The fraction of sp³-hybridized carbons (Fsp3) is 0.250. The van der Waals surface area contributed by atoms with Crippen molar-refractivity contribution in [2.24, 2.45) is 0 Å². The Bertz CT molecular complexity index is 618. The van der Waals surface area contributed by atoms with E-state index in [1.165, 1.54) is 6.07 Å². The molecular weight excluding hydrogens is 320 g/mol. The van der Waals surface area contributed by atoms with Crippen molar-refractivity contribution in [2.45, 2.75) is 4.90 Å². The summed E-state index contributed by atoms with van der Waals surface area (Å²) < 4.78 is 21.4. The first kappa shape index (κ1) is 15.7. The van der Waals surface area contributed by atoms with Crippen LogP contribution in [0.1, 0.15) is 0 Å². The largest absolute Gasteiger partial charge is 0.289 e. The average molecular weight is 327 g/mol. The Morgan fingerprint density at radius 3 is 2.32 bits per heavy atom. The summed E-state index contributed by atoms with van der Waals surface area (Å²) >= 11 is 0.895. The highest BCUT2D eigenvalue weighted by molar-refractivity contribution is 8.14. The van der Waals surface area contributed by atoms with E-state index in [1.807, 2.05) is 0 Å². The summed E-state index contributed by atoms with van der Waals surface area (Å²) in [6.45, 7) is 0. The summed E-state index contributed by atoms with van der Waals surface area (Å²) in [7, 11) is 1.33. The number of halogens is 1. The molecule has 0 aromatic heterocycles.